The summed E-state index contributed by atoms with van der Waals surface area (Å²) in [6.45, 7) is 15.2. The van der Waals surface area contributed by atoms with Gasteiger partial charge in [0.2, 0.25) is 0 Å². The smallest absolute Gasteiger partial charge is 0.0794 e. The first-order chi connectivity index (χ1) is 8.00. The van der Waals surface area contributed by atoms with Crippen molar-refractivity contribution in [3.8, 4) is 0 Å². The Hall–Kier alpha value is -0.160. The Bertz CT molecular complexity index is 228. The van der Waals surface area contributed by atoms with Crippen molar-refractivity contribution in [3.63, 3.8) is 0 Å². The quantitative estimate of drug-likeness (QED) is 0.678. The van der Waals surface area contributed by atoms with Gasteiger partial charge in [-0.25, -0.2) is 0 Å². The summed E-state index contributed by atoms with van der Waals surface area (Å²) in [5.41, 5.74) is -0.0439. The van der Waals surface area contributed by atoms with Crippen LogP contribution in [-0.4, -0.2) is 69.5 Å². The Morgan fingerprint density at radius 3 is 1.06 bits per heavy atom. The van der Waals surface area contributed by atoms with E-state index in [2.05, 4.69) is 51.3 Å². The van der Waals surface area contributed by atoms with Gasteiger partial charge in [0.15, 0.2) is 0 Å². The van der Waals surface area contributed by atoms with E-state index in [0.29, 0.717) is 26.2 Å². The highest BCUT2D eigenvalue weighted by Gasteiger charge is 2.33. The number of hydrogen-bond donors (Lipinski definition) is 2. The van der Waals surface area contributed by atoms with E-state index in [1.54, 1.807) is 0 Å². The second-order valence-electron chi connectivity index (χ2n) is 7.46. The number of β-amino-alcohol motifs (C(OH)–C–C–N with tert-alkyl or cyclic N) is 2. The molecule has 18 heavy (non-hydrogen) atoms. The van der Waals surface area contributed by atoms with Crippen molar-refractivity contribution in [3.05, 3.63) is 0 Å². The maximum absolute atomic E-state index is 10.2. The zero-order valence-electron chi connectivity index (χ0n) is 12.8. The zero-order valence-corrected chi connectivity index (χ0v) is 12.8. The maximum Gasteiger partial charge on any atom is 0.0794 e. The predicted octanol–water partition coefficient (Wildman–Crippen LogP) is 0.923. The SMILES string of the molecule is CC(C)(C)N1CC(O)CN(C(C)(C)C)CC(O)C1. The lowest BCUT2D eigenvalue weighted by molar-refractivity contribution is -0.0485. The van der Waals surface area contributed by atoms with Gasteiger partial charge in [0.1, 0.15) is 0 Å². The van der Waals surface area contributed by atoms with Crippen LogP contribution in [0.15, 0.2) is 0 Å². The predicted molar refractivity (Wildman–Crippen MR) is 74.7 cm³/mol. The summed E-state index contributed by atoms with van der Waals surface area (Å²) in [5.74, 6) is 0. The highest BCUT2D eigenvalue weighted by molar-refractivity contribution is 4.88. The van der Waals surface area contributed by atoms with Gasteiger partial charge in [-0.15, -0.1) is 0 Å². The maximum atomic E-state index is 10.2. The van der Waals surface area contributed by atoms with E-state index < -0.39 is 0 Å². The minimum atomic E-state index is -0.365. The number of aliphatic hydroxyl groups is 2. The third-order valence-corrected chi connectivity index (χ3v) is 3.62. The van der Waals surface area contributed by atoms with Gasteiger partial charge in [0.05, 0.1) is 12.2 Å². The number of nitrogens with zero attached hydrogens (tertiary/aromatic N) is 2. The van der Waals surface area contributed by atoms with Crippen molar-refractivity contribution in [2.45, 2.75) is 64.8 Å². The third kappa shape index (κ3) is 4.50. The van der Waals surface area contributed by atoms with Gasteiger partial charge < -0.3 is 10.2 Å². The van der Waals surface area contributed by atoms with Crippen LogP contribution in [0, 0.1) is 0 Å². The summed E-state index contributed by atoms with van der Waals surface area (Å²) < 4.78 is 0. The standard InChI is InChI=1S/C14H30N2O2/c1-13(2,3)15-7-11(17)9-16(14(4,5)6)10-12(18)8-15/h11-12,17-18H,7-10H2,1-6H3. The molecule has 1 heterocycles. The lowest BCUT2D eigenvalue weighted by atomic mass is 9.99. The summed E-state index contributed by atoms with van der Waals surface area (Å²) in [4.78, 5) is 4.34. The lowest BCUT2D eigenvalue weighted by Gasteiger charge is -2.45. The van der Waals surface area contributed by atoms with Crippen LogP contribution < -0.4 is 0 Å². The van der Waals surface area contributed by atoms with E-state index in [0.717, 1.165) is 0 Å². The van der Waals surface area contributed by atoms with Gasteiger partial charge in [-0.3, -0.25) is 9.80 Å². The van der Waals surface area contributed by atoms with Crippen LogP contribution in [0.25, 0.3) is 0 Å². The lowest BCUT2D eigenvalue weighted by Crippen LogP contribution is -2.58. The average Bonchev–Trinajstić information content (AvgIpc) is 2.09. The zero-order chi connectivity index (χ0) is 14.1. The van der Waals surface area contributed by atoms with E-state index >= 15 is 0 Å². The van der Waals surface area contributed by atoms with E-state index in [4.69, 9.17) is 0 Å². The molecule has 4 heteroatoms. The van der Waals surface area contributed by atoms with Crippen molar-refractivity contribution in [2.24, 2.45) is 0 Å². The Morgan fingerprint density at radius 1 is 0.667 bits per heavy atom. The fourth-order valence-electron chi connectivity index (χ4n) is 2.38. The topological polar surface area (TPSA) is 46.9 Å². The highest BCUT2D eigenvalue weighted by atomic mass is 16.3. The summed E-state index contributed by atoms with van der Waals surface area (Å²) in [5, 5.41) is 20.4. The molecule has 1 saturated heterocycles. The molecule has 1 aliphatic rings. The first-order valence-corrected chi connectivity index (χ1v) is 6.86. The van der Waals surface area contributed by atoms with Crippen LogP contribution >= 0.6 is 0 Å². The number of rotatable bonds is 0. The molecule has 0 saturated carbocycles. The van der Waals surface area contributed by atoms with Gasteiger partial charge in [-0.2, -0.15) is 0 Å². The van der Waals surface area contributed by atoms with Crippen LogP contribution in [-0.2, 0) is 0 Å². The van der Waals surface area contributed by atoms with Crippen LogP contribution in [0.4, 0.5) is 0 Å². The molecule has 2 N–H and O–H groups in total. The first-order valence-electron chi connectivity index (χ1n) is 6.86. The highest BCUT2D eigenvalue weighted by Crippen LogP contribution is 2.20. The molecule has 0 unspecified atom stereocenters. The van der Waals surface area contributed by atoms with Crippen LogP contribution in [0.5, 0.6) is 0 Å². The van der Waals surface area contributed by atoms with E-state index in [1.807, 2.05) is 0 Å². The fourth-order valence-corrected chi connectivity index (χ4v) is 2.38. The Balaban J connectivity index is 2.78. The van der Waals surface area contributed by atoms with Crippen molar-refractivity contribution >= 4 is 0 Å². The fraction of sp³-hybridized carbons (Fsp3) is 1.00. The Morgan fingerprint density at radius 2 is 0.889 bits per heavy atom. The van der Waals surface area contributed by atoms with Crippen LogP contribution in [0.1, 0.15) is 41.5 Å². The van der Waals surface area contributed by atoms with Gasteiger partial charge in [-0.1, -0.05) is 0 Å². The second-order valence-corrected chi connectivity index (χ2v) is 7.46. The molecule has 1 fully saturated rings. The minimum Gasteiger partial charge on any atom is -0.390 e. The monoisotopic (exact) mass is 258 g/mol. The normalized spacial score (nSPS) is 30.0. The van der Waals surface area contributed by atoms with Crippen molar-refractivity contribution in [2.75, 3.05) is 26.2 Å². The molecule has 1 aliphatic heterocycles. The second kappa shape index (κ2) is 5.45. The van der Waals surface area contributed by atoms with Gasteiger partial charge in [0, 0.05) is 37.3 Å². The molecule has 0 bridgehead atoms. The largest absolute Gasteiger partial charge is 0.390 e. The molecule has 0 aliphatic carbocycles. The summed E-state index contributed by atoms with van der Waals surface area (Å²) in [6, 6.07) is 0. The third-order valence-electron chi connectivity index (χ3n) is 3.62. The average molecular weight is 258 g/mol. The van der Waals surface area contributed by atoms with Crippen LogP contribution in [0.2, 0.25) is 0 Å². The molecule has 4 nitrogen and oxygen atoms in total. The van der Waals surface area contributed by atoms with Crippen molar-refractivity contribution in [1.82, 2.24) is 9.80 Å². The molecule has 0 aromatic carbocycles. The molecular weight excluding hydrogens is 228 g/mol. The van der Waals surface area contributed by atoms with Crippen molar-refractivity contribution < 1.29 is 10.2 Å². The van der Waals surface area contributed by atoms with Gasteiger partial charge in [-0.05, 0) is 41.5 Å². The molecule has 0 atom stereocenters. The molecule has 0 spiro atoms. The van der Waals surface area contributed by atoms with E-state index in [1.165, 1.54) is 0 Å². The van der Waals surface area contributed by atoms with E-state index in [-0.39, 0.29) is 23.3 Å². The molecule has 0 aromatic rings. The summed E-state index contributed by atoms with van der Waals surface area (Å²) >= 11 is 0. The Labute approximate surface area is 112 Å². The molecule has 1 rings (SSSR count). The van der Waals surface area contributed by atoms with Gasteiger partial charge in [0.25, 0.3) is 0 Å². The van der Waals surface area contributed by atoms with Crippen LogP contribution in [0.3, 0.4) is 0 Å². The molecular formula is C14H30N2O2. The molecule has 108 valence electrons. The number of hydrogen-bond acceptors (Lipinski definition) is 4. The summed E-state index contributed by atoms with van der Waals surface area (Å²) in [6.07, 6.45) is -0.730. The number of aliphatic hydroxyl groups excluding tert-OH is 2. The Kier molecular flexibility index (Phi) is 4.81. The van der Waals surface area contributed by atoms with Crippen molar-refractivity contribution in [1.29, 1.82) is 0 Å². The molecule has 0 aromatic heterocycles. The molecule has 0 amide bonds. The summed E-state index contributed by atoms with van der Waals surface area (Å²) in [7, 11) is 0. The minimum absolute atomic E-state index is 0.0220. The molecule has 0 radical (unpaired) electrons. The first kappa shape index (κ1) is 15.9. The van der Waals surface area contributed by atoms with E-state index in [9.17, 15) is 10.2 Å². The van der Waals surface area contributed by atoms with Gasteiger partial charge >= 0.3 is 0 Å².